The molecule has 0 atom stereocenters. The highest BCUT2D eigenvalue weighted by Gasteiger charge is 2.20. The van der Waals surface area contributed by atoms with Crippen molar-refractivity contribution >= 4 is 16.3 Å². The second kappa shape index (κ2) is 4.10. The molecule has 88 valence electrons. The molecule has 0 aliphatic rings. The summed E-state index contributed by atoms with van der Waals surface area (Å²) in [4.78, 5) is 14.0. The van der Waals surface area contributed by atoms with Gasteiger partial charge in [-0.05, 0) is 12.1 Å². The maximum absolute atomic E-state index is 13.4. The molecule has 0 N–H and O–H groups in total. The zero-order valence-corrected chi connectivity index (χ0v) is 9.26. The molecule has 0 aliphatic heterocycles. The van der Waals surface area contributed by atoms with Gasteiger partial charge in [0.05, 0.1) is 0 Å². The molecule has 7 heteroatoms. The Hall–Kier alpha value is -2.02. The SMILES string of the molecule is O=Cc1cc(F)n(S(=O)(=O)c2cccnc2)c1. The van der Waals surface area contributed by atoms with E-state index in [1.807, 2.05) is 0 Å². The number of aldehydes is 1. The van der Waals surface area contributed by atoms with Gasteiger partial charge >= 0.3 is 0 Å². The fraction of sp³-hybridized carbons (Fsp3) is 0. The van der Waals surface area contributed by atoms with Crippen LogP contribution >= 0.6 is 0 Å². The van der Waals surface area contributed by atoms with E-state index in [9.17, 15) is 17.6 Å². The maximum atomic E-state index is 13.4. The first-order chi connectivity index (χ1) is 8.05. The summed E-state index contributed by atoms with van der Waals surface area (Å²) >= 11 is 0. The van der Waals surface area contributed by atoms with Gasteiger partial charge in [-0.2, -0.15) is 4.39 Å². The van der Waals surface area contributed by atoms with Gasteiger partial charge in [0.15, 0.2) is 6.29 Å². The van der Waals surface area contributed by atoms with Gasteiger partial charge in [0, 0.05) is 30.2 Å². The van der Waals surface area contributed by atoms with E-state index in [0.717, 1.165) is 18.5 Å². The van der Waals surface area contributed by atoms with E-state index in [4.69, 9.17) is 0 Å². The van der Waals surface area contributed by atoms with Crippen molar-refractivity contribution in [1.82, 2.24) is 8.96 Å². The van der Waals surface area contributed by atoms with Gasteiger partial charge in [-0.3, -0.25) is 9.78 Å². The molecule has 0 saturated carbocycles. The first kappa shape index (κ1) is 11.5. The molecule has 17 heavy (non-hydrogen) atoms. The number of carbonyl (C=O) groups excluding carboxylic acids is 1. The van der Waals surface area contributed by atoms with E-state index in [1.165, 1.54) is 18.3 Å². The number of aromatic nitrogens is 2. The van der Waals surface area contributed by atoms with Crippen molar-refractivity contribution in [3.8, 4) is 0 Å². The molecular formula is C10H7FN2O3S. The second-order valence-corrected chi connectivity index (χ2v) is 5.02. The lowest BCUT2D eigenvalue weighted by Crippen LogP contribution is -2.14. The summed E-state index contributed by atoms with van der Waals surface area (Å²) in [5.74, 6) is -1.02. The number of hydrogen-bond acceptors (Lipinski definition) is 4. The normalized spacial score (nSPS) is 11.4. The highest BCUT2D eigenvalue weighted by Crippen LogP contribution is 2.16. The Balaban J connectivity index is 2.60. The summed E-state index contributed by atoms with van der Waals surface area (Å²) in [5, 5.41) is 0. The Kier molecular flexibility index (Phi) is 2.76. The monoisotopic (exact) mass is 254 g/mol. The molecule has 2 aromatic heterocycles. The third kappa shape index (κ3) is 1.96. The van der Waals surface area contributed by atoms with E-state index >= 15 is 0 Å². The topological polar surface area (TPSA) is 69.0 Å². The minimum absolute atomic E-state index is 0.0463. The minimum Gasteiger partial charge on any atom is -0.298 e. The molecule has 2 heterocycles. The van der Waals surface area contributed by atoms with Crippen LogP contribution < -0.4 is 0 Å². The highest BCUT2D eigenvalue weighted by atomic mass is 32.2. The third-order valence-corrected chi connectivity index (χ3v) is 3.72. The maximum Gasteiger partial charge on any atom is 0.271 e. The van der Waals surface area contributed by atoms with Crippen molar-refractivity contribution in [2.75, 3.05) is 0 Å². The van der Waals surface area contributed by atoms with Crippen molar-refractivity contribution in [2.24, 2.45) is 0 Å². The number of carbonyl (C=O) groups is 1. The summed E-state index contributed by atoms with van der Waals surface area (Å²) in [7, 11) is -4.04. The first-order valence-corrected chi connectivity index (χ1v) is 5.98. The quantitative estimate of drug-likeness (QED) is 0.768. The van der Waals surface area contributed by atoms with Gasteiger partial charge in [-0.25, -0.2) is 12.4 Å². The van der Waals surface area contributed by atoms with Gasteiger partial charge in [0.1, 0.15) is 4.90 Å². The fourth-order valence-corrected chi connectivity index (χ4v) is 2.51. The lowest BCUT2D eigenvalue weighted by Gasteiger charge is -2.04. The number of halogens is 1. The van der Waals surface area contributed by atoms with Crippen LogP contribution in [0, 0.1) is 5.95 Å². The summed E-state index contributed by atoms with van der Waals surface area (Å²) < 4.78 is 37.7. The van der Waals surface area contributed by atoms with Crippen LogP contribution in [0.15, 0.2) is 41.7 Å². The van der Waals surface area contributed by atoms with Crippen molar-refractivity contribution in [3.63, 3.8) is 0 Å². The summed E-state index contributed by atoms with van der Waals surface area (Å²) in [6.45, 7) is 0. The van der Waals surface area contributed by atoms with Crippen LogP contribution in [0.1, 0.15) is 10.4 Å². The van der Waals surface area contributed by atoms with E-state index in [-0.39, 0.29) is 10.5 Å². The van der Waals surface area contributed by atoms with E-state index in [0.29, 0.717) is 10.3 Å². The molecule has 0 radical (unpaired) electrons. The Bertz CT molecular complexity index is 649. The molecule has 0 unspecified atom stereocenters. The highest BCUT2D eigenvalue weighted by molar-refractivity contribution is 7.90. The largest absolute Gasteiger partial charge is 0.298 e. The molecule has 0 saturated heterocycles. The number of nitrogens with zero attached hydrogens (tertiary/aromatic N) is 2. The molecular weight excluding hydrogens is 247 g/mol. The summed E-state index contributed by atoms with van der Waals surface area (Å²) in [5.41, 5.74) is -0.0463. The van der Waals surface area contributed by atoms with Crippen LogP contribution in [-0.2, 0) is 10.0 Å². The van der Waals surface area contributed by atoms with Gasteiger partial charge in [0.2, 0.25) is 5.95 Å². The van der Waals surface area contributed by atoms with Gasteiger partial charge in [-0.1, -0.05) is 0 Å². The van der Waals surface area contributed by atoms with Crippen LogP contribution in [0.5, 0.6) is 0 Å². The van der Waals surface area contributed by atoms with Crippen molar-refractivity contribution in [3.05, 3.63) is 48.3 Å². The number of hydrogen-bond donors (Lipinski definition) is 0. The molecule has 0 spiro atoms. The molecule has 5 nitrogen and oxygen atoms in total. The standard InChI is InChI=1S/C10H7FN2O3S/c11-10-4-8(7-14)6-13(10)17(15,16)9-2-1-3-12-5-9/h1-7H. The number of rotatable bonds is 3. The summed E-state index contributed by atoms with van der Waals surface area (Å²) in [6, 6.07) is 3.57. The molecule has 0 amide bonds. The predicted octanol–water partition coefficient (Wildman–Crippen LogP) is 1.07. The minimum atomic E-state index is -4.04. The lowest BCUT2D eigenvalue weighted by molar-refractivity contribution is 0.112. The number of pyridine rings is 1. The average Bonchev–Trinajstić information content (AvgIpc) is 2.72. The molecule has 0 bridgehead atoms. The van der Waals surface area contributed by atoms with Crippen LogP contribution in [0.25, 0.3) is 0 Å². The Morgan fingerprint density at radius 2 is 2.18 bits per heavy atom. The smallest absolute Gasteiger partial charge is 0.271 e. The van der Waals surface area contributed by atoms with Gasteiger partial charge in [0.25, 0.3) is 10.0 Å². The zero-order chi connectivity index (χ0) is 12.5. The van der Waals surface area contributed by atoms with Gasteiger partial charge < -0.3 is 0 Å². The van der Waals surface area contributed by atoms with Crippen LogP contribution in [0.3, 0.4) is 0 Å². The Morgan fingerprint density at radius 3 is 2.71 bits per heavy atom. The van der Waals surface area contributed by atoms with Crippen molar-refractivity contribution < 1.29 is 17.6 Å². The first-order valence-electron chi connectivity index (χ1n) is 4.54. The summed E-state index contributed by atoms with van der Waals surface area (Å²) in [6.07, 6.45) is 3.81. The Labute approximate surface area is 96.6 Å². The van der Waals surface area contributed by atoms with Crippen LogP contribution in [0.4, 0.5) is 4.39 Å². The van der Waals surface area contributed by atoms with E-state index < -0.39 is 16.0 Å². The van der Waals surface area contributed by atoms with Crippen molar-refractivity contribution in [1.29, 1.82) is 0 Å². The second-order valence-electron chi connectivity index (χ2n) is 3.20. The average molecular weight is 254 g/mol. The molecule has 0 fully saturated rings. The zero-order valence-electron chi connectivity index (χ0n) is 8.45. The van der Waals surface area contributed by atoms with Crippen molar-refractivity contribution in [2.45, 2.75) is 4.90 Å². The van der Waals surface area contributed by atoms with E-state index in [1.54, 1.807) is 0 Å². The van der Waals surface area contributed by atoms with Gasteiger partial charge in [-0.15, -0.1) is 0 Å². The Morgan fingerprint density at radius 1 is 1.41 bits per heavy atom. The lowest BCUT2D eigenvalue weighted by atomic mass is 10.4. The fourth-order valence-electron chi connectivity index (χ4n) is 1.30. The molecule has 0 aromatic carbocycles. The molecule has 2 rings (SSSR count). The van der Waals surface area contributed by atoms with Crippen LogP contribution in [0.2, 0.25) is 0 Å². The molecule has 2 aromatic rings. The predicted molar refractivity (Wildman–Crippen MR) is 56.6 cm³/mol. The third-order valence-electron chi connectivity index (χ3n) is 2.09. The molecule has 0 aliphatic carbocycles. The van der Waals surface area contributed by atoms with Crippen LogP contribution in [-0.4, -0.2) is 23.7 Å². The van der Waals surface area contributed by atoms with E-state index in [2.05, 4.69) is 4.98 Å².